The number of aromatic nitrogens is 1. The molecule has 0 amide bonds. The molecule has 0 unspecified atom stereocenters. The van der Waals surface area contributed by atoms with Gasteiger partial charge in [-0.05, 0) is 24.4 Å². The molecule has 0 aromatic carbocycles. The molecule has 0 spiro atoms. The molecule has 1 heterocycles. The predicted octanol–water partition coefficient (Wildman–Crippen LogP) is -0.0691. The van der Waals surface area contributed by atoms with Crippen molar-refractivity contribution in [3.8, 4) is 6.07 Å². The van der Waals surface area contributed by atoms with Crippen LogP contribution in [0.1, 0.15) is 5.56 Å². The molecule has 4 nitrogen and oxygen atoms in total. The van der Waals surface area contributed by atoms with Gasteiger partial charge in [0.25, 0.3) is 0 Å². The summed E-state index contributed by atoms with van der Waals surface area (Å²) in [5, 5.41) is 16.0. The Morgan fingerprint density at radius 2 is 2.33 bits per heavy atom. The quantitative estimate of drug-likeness (QED) is 0.546. The van der Waals surface area contributed by atoms with Crippen LogP contribution in [0.5, 0.6) is 0 Å². The number of nitriles is 1. The number of rotatable bonds is 0. The van der Waals surface area contributed by atoms with Crippen molar-refractivity contribution in [2.45, 2.75) is 0 Å². The molecule has 1 aromatic rings. The van der Waals surface area contributed by atoms with Crippen LogP contribution in [-0.4, -0.2) is 9.68 Å². The lowest BCUT2D eigenvalue weighted by molar-refractivity contribution is 0.974. The Labute approximate surface area is 74.4 Å². The van der Waals surface area contributed by atoms with E-state index in [1.54, 1.807) is 0 Å². The van der Waals surface area contributed by atoms with Crippen LogP contribution in [0.15, 0.2) is 18.3 Å². The predicted molar refractivity (Wildman–Crippen MR) is 47.2 cm³/mol. The van der Waals surface area contributed by atoms with E-state index in [4.69, 9.17) is 16.4 Å². The van der Waals surface area contributed by atoms with E-state index in [0.717, 1.165) is 0 Å². The van der Waals surface area contributed by atoms with Crippen LogP contribution in [0.2, 0.25) is 0 Å². The van der Waals surface area contributed by atoms with Gasteiger partial charge in [0, 0.05) is 6.20 Å². The zero-order chi connectivity index (χ0) is 9.14. The molecular formula is C7H6N4S. The average Bonchev–Trinajstić information content (AvgIpc) is 2.05. The maximum Gasteiger partial charge on any atom is 0.176 e. The number of thiocarbonyl (C=S) groups is 1. The van der Waals surface area contributed by atoms with Crippen LogP contribution in [-0.2, 0) is 0 Å². The van der Waals surface area contributed by atoms with Gasteiger partial charge in [0.05, 0.1) is 5.56 Å². The second kappa shape index (κ2) is 3.15. The second-order valence-corrected chi connectivity index (χ2v) is 2.54. The third kappa shape index (κ3) is 1.49. The Bertz CT molecular complexity index is 412. The summed E-state index contributed by atoms with van der Waals surface area (Å²) in [5.74, 6) is 0. The third-order valence-corrected chi connectivity index (χ3v) is 1.51. The topological polar surface area (TPSA) is 78.6 Å². The number of nitrogens with one attached hydrogen (secondary N) is 1. The molecule has 1 rings (SSSR count). The largest absolute Gasteiger partial charge is 0.376 e. The van der Waals surface area contributed by atoms with Crippen LogP contribution < -0.4 is 11.2 Å². The summed E-state index contributed by atoms with van der Waals surface area (Å²) >= 11 is 4.67. The lowest BCUT2D eigenvalue weighted by Crippen LogP contribution is -2.30. The number of nitrogens with zero attached hydrogens (tertiary/aromatic N) is 2. The smallest absolute Gasteiger partial charge is 0.176 e. The van der Waals surface area contributed by atoms with Crippen LogP contribution in [0.4, 0.5) is 0 Å². The number of hydrogen-bond acceptors (Lipinski definition) is 3. The maximum atomic E-state index is 8.53. The zero-order valence-electron chi connectivity index (χ0n) is 6.11. The Morgan fingerprint density at radius 1 is 1.67 bits per heavy atom. The van der Waals surface area contributed by atoms with Gasteiger partial charge in [0.2, 0.25) is 0 Å². The first kappa shape index (κ1) is 8.43. The SMILES string of the molecule is N#Cc1ccc(=N)n(C(N)=S)c1. The first-order valence-corrected chi connectivity index (χ1v) is 3.53. The third-order valence-electron chi connectivity index (χ3n) is 1.32. The van der Waals surface area contributed by atoms with Crippen LogP contribution in [0.25, 0.3) is 0 Å². The van der Waals surface area contributed by atoms with E-state index in [9.17, 15) is 0 Å². The fraction of sp³-hybridized carbons (Fsp3) is 0. The molecule has 12 heavy (non-hydrogen) atoms. The highest BCUT2D eigenvalue weighted by Crippen LogP contribution is 1.91. The molecule has 60 valence electrons. The van der Waals surface area contributed by atoms with E-state index in [1.807, 2.05) is 6.07 Å². The first-order valence-electron chi connectivity index (χ1n) is 3.12. The van der Waals surface area contributed by atoms with Gasteiger partial charge in [0.15, 0.2) is 5.11 Å². The van der Waals surface area contributed by atoms with Crippen molar-refractivity contribution in [3.63, 3.8) is 0 Å². The molecule has 0 saturated carbocycles. The Morgan fingerprint density at radius 3 is 2.83 bits per heavy atom. The van der Waals surface area contributed by atoms with Crippen molar-refractivity contribution in [1.82, 2.24) is 4.57 Å². The van der Waals surface area contributed by atoms with Gasteiger partial charge in [-0.3, -0.25) is 9.98 Å². The maximum absolute atomic E-state index is 8.53. The van der Waals surface area contributed by atoms with E-state index in [-0.39, 0.29) is 10.6 Å². The van der Waals surface area contributed by atoms with Crippen molar-refractivity contribution in [2.24, 2.45) is 5.73 Å². The Hall–Kier alpha value is -1.67. The molecular weight excluding hydrogens is 172 g/mol. The van der Waals surface area contributed by atoms with E-state index < -0.39 is 0 Å². The van der Waals surface area contributed by atoms with Gasteiger partial charge < -0.3 is 5.73 Å². The van der Waals surface area contributed by atoms with Crippen molar-refractivity contribution < 1.29 is 0 Å². The summed E-state index contributed by atoms with van der Waals surface area (Å²) in [5.41, 5.74) is 5.90. The normalized spacial score (nSPS) is 8.92. The molecule has 0 bridgehead atoms. The second-order valence-electron chi connectivity index (χ2n) is 2.12. The summed E-state index contributed by atoms with van der Waals surface area (Å²) in [7, 11) is 0. The van der Waals surface area contributed by atoms with E-state index in [0.29, 0.717) is 5.56 Å². The molecule has 0 fully saturated rings. The van der Waals surface area contributed by atoms with E-state index in [1.165, 1.54) is 22.9 Å². The monoisotopic (exact) mass is 178 g/mol. The fourth-order valence-electron chi connectivity index (χ4n) is 0.749. The van der Waals surface area contributed by atoms with Crippen molar-refractivity contribution in [2.75, 3.05) is 0 Å². The van der Waals surface area contributed by atoms with Crippen molar-refractivity contribution in [1.29, 1.82) is 10.7 Å². The molecule has 0 radical (unpaired) electrons. The highest BCUT2D eigenvalue weighted by Gasteiger charge is 1.96. The highest BCUT2D eigenvalue weighted by molar-refractivity contribution is 7.80. The summed E-state index contributed by atoms with van der Waals surface area (Å²) < 4.78 is 1.27. The lowest BCUT2D eigenvalue weighted by atomic mass is 10.3. The van der Waals surface area contributed by atoms with E-state index in [2.05, 4.69) is 12.2 Å². The highest BCUT2D eigenvalue weighted by atomic mass is 32.1. The molecule has 0 aliphatic heterocycles. The molecule has 0 aliphatic carbocycles. The summed E-state index contributed by atoms with van der Waals surface area (Å²) in [6.07, 6.45) is 1.44. The summed E-state index contributed by atoms with van der Waals surface area (Å²) in [6, 6.07) is 4.94. The minimum Gasteiger partial charge on any atom is -0.376 e. The standard InChI is InChI=1S/C7H6N4S/c8-3-5-1-2-6(9)11(4-5)7(10)12/h1-2,4,9H,(H2,10,12). The van der Waals surface area contributed by atoms with Gasteiger partial charge in [-0.25, -0.2) is 0 Å². The fourth-order valence-corrected chi connectivity index (χ4v) is 0.900. The average molecular weight is 178 g/mol. The van der Waals surface area contributed by atoms with Gasteiger partial charge >= 0.3 is 0 Å². The molecule has 0 saturated heterocycles. The van der Waals surface area contributed by atoms with Crippen molar-refractivity contribution in [3.05, 3.63) is 29.4 Å². The molecule has 1 aromatic heterocycles. The van der Waals surface area contributed by atoms with Crippen molar-refractivity contribution >= 4 is 17.3 Å². The van der Waals surface area contributed by atoms with Crippen LogP contribution in [0.3, 0.4) is 0 Å². The van der Waals surface area contributed by atoms with E-state index >= 15 is 0 Å². The van der Waals surface area contributed by atoms with Gasteiger partial charge in [-0.15, -0.1) is 0 Å². The summed E-state index contributed by atoms with van der Waals surface area (Å²) in [4.78, 5) is 0. The molecule has 0 aliphatic rings. The Kier molecular flexibility index (Phi) is 2.21. The minimum atomic E-state index is 0.0668. The number of pyridine rings is 1. The number of nitrogens with two attached hydrogens (primary N) is 1. The van der Waals surface area contributed by atoms with Gasteiger partial charge in [-0.1, -0.05) is 0 Å². The van der Waals surface area contributed by atoms with Gasteiger partial charge in [-0.2, -0.15) is 5.26 Å². The van der Waals surface area contributed by atoms with Gasteiger partial charge in [0.1, 0.15) is 11.6 Å². The molecule has 5 heteroatoms. The van der Waals surface area contributed by atoms with Crippen LogP contribution >= 0.6 is 12.2 Å². The minimum absolute atomic E-state index is 0.0668. The first-order chi connectivity index (χ1) is 5.65. The zero-order valence-corrected chi connectivity index (χ0v) is 6.93. The Balaban J connectivity index is 3.39. The van der Waals surface area contributed by atoms with Crippen LogP contribution in [0, 0.1) is 16.7 Å². The summed E-state index contributed by atoms with van der Waals surface area (Å²) in [6.45, 7) is 0. The number of hydrogen-bond donors (Lipinski definition) is 2. The molecule has 0 atom stereocenters. The molecule has 3 N–H and O–H groups in total. The lowest BCUT2D eigenvalue weighted by Gasteiger charge is -2.02.